The maximum atomic E-state index is 2.42. The molecule has 68 valence electrons. The van der Waals surface area contributed by atoms with E-state index < -0.39 is 0 Å². The number of rotatable bonds is 3. The van der Waals surface area contributed by atoms with Gasteiger partial charge in [-0.1, -0.05) is 27.2 Å². The number of fused-ring (bicyclic) bond motifs is 1. The summed E-state index contributed by atoms with van der Waals surface area (Å²) in [7, 11) is 0. The van der Waals surface area contributed by atoms with Gasteiger partial charge in [-0.2, -0.15) is 0 Å². The van der Waals surface area contributed by atoms with Gasteiger partial charge in [0.05, 0.1) is 0 Å². The lowest BCUT2D eigenvalue weighted by Crippen LogP contribution is -2.34. The molecule has 3 saturated carbocycles. The average molecular weight is 164 g/mol. The quantitative estimate of drug-likeness (QED) is 0.600. The van der Waals surface area contributed by atoms with E-state index in [2.05, 4.69) is 20.8 Å². The first-order valence-corrected chi connectivity index (χ1v) is 5.74. The fourth-order valence-corrected chi connectivity index (χ4v) is 4.56. The van der Waals surface area contributed by atoms with Crippen LogP contribution in [0.15, 0.2) is 0 Å². The van der Waals surface area contributed by atoms with Gasteiger partial charge in [-0.05, 0) is 47.8 Å². The van der Waals surface area contributed by atoms with Gasteiger partial charge in [-0.25, -0.2) is 0 Å². The van der Waals surface area contributed by atoms with Crippen LogP contribution in [0.2, 0.25) is 0 Å². The second-order valence-electron chi connectivity index (χ2n) is 5.61. The molecule has 3 rings (SSSR count). The molecule has 0 heterocycles. The minimum Gasteiger partial charge on any atom is -0.0654 e. The Kier molecular flexibility index (Phi) is 1.18. The van der Waals surface area contributed by atoms with Crippen molar-refractivity contribution in [2.24, 2.45) is 35.0 Å². The average Bonchev–Trinajstić information content (AvgIpc) is 2.74. The Morgan fingerprint density at radius 2 is 2.17 bits per heavy atom. The van der Waals surface area contributed by atoms with E-state index in [1.165, 1.54) is 30.6 Å². The van der Waals surface area contributed by atoms with Gasteiger partial charge in [0.1, 0.15) is 0 Å². The summed E-state index contributed by atoms with van der Waals surface area (Å²) in [5, 5.41) is 0. The molecule has 3 aliphatic carbocycles. The zero-order valence-corrected chi connectivity index (χ0v) is 8.51. The van der Waals surface area contributed by atoms with Crippen LogP contribution in [0.1, 0.15) is 40.0 Å². The summed E-state index contributed by atoms with van der Waals surface area (Å²) < 4.78 is 0. The van der Waals surface area contributed by atoms with E-state index >= 15 is 0 Å². The molecule has 0 aliphatic heterocycles. The number of hydrogen-bond acceptors (Lipinski definition) is 0. The van der Waals surface area contributed by atoms with Gasteiger partial charge < -0.3 is 0 Å². The first-order chi connectivity index (χ1) is 5.74. The molecule has 0 radical (unpaired) electrons. The molecule has 5 unspecified atom stereocenters. The normalized spacial score (nSPS) is 59.0. The molecule has 0 aromatic rings. The Labute approximate surface area is 75.7 Å². The topological polar surface area (TPSA) is 0 Å². The van der Waals surface area contributed by atoms with Crippen LogP contribution in [0, 0.1) is 35.0 Å². The third kappa shape index (κ3) is 0.533. The largest absolute Gasteiger partial charge is 0.0654 e. The van der Waals surface area contributed by atoms with Crippen molar-refractivity contribution in [3.05, 3.63) is 0 Å². The molecular formula is C12H20. The summed E-state index contributed by atoms with van der Waals surface area (Å²) in [4.78, 5) is 0. The monoisotopic (exact) mass is 164 g/mol. The summed E-state index contributed by atoms with van der Waals surface area (Å²) in [6.07, 6.45) is 4.54. The van der Waals surface area contributed by atoms with Crippen LogP contribution in [0.4, 0.5) is 0 Å². The van der Waals surface area contributed by atoms with E-state index in [0.717, 1.165) is 17.3 Å². The van der Waals surface area contributed by atoms with E-state index in [-0.39, 0.29) is 0 Å². The maximum absolute atomic E-state index is 2.42. The van der Waals surface area contributed by atoms with E-state index in [4.69, 9.17) is 0 Å². The summed E-state index contributed by atoms with van der Waals surface area (Å²) in [6.45, 7) is 7.19. The first kappa shape index (κ1) is 7.41. The lowest BCUT2D eigenvalue weighted by atomic mass is 9.65. The van der Waals surface area contributed by atoms with Crippen LogP contribution in [-0.2, 0) is 0 Å². The van der Waals surface area contributed by atoms with Crippen molar-refractivity contribution in [1.82, 2.24) is 0 Å². The molecule has 0 aromatic heterocycles. The van der Waals surface area contributed by atoms with Crippen molar-refractivity contribution in [1.29, 1.82) is 0 Å². The van der Waals surface area contributed by atoms with Crippen molar-refractivity contribution in [3.8, 4) is 0 Å². The summed E-state index contributed by atoms with van der Waals surface area (Å²) in [6, 6.07) is 0. The van der Waals surface area contributed by atoms with E-state index in [0.29, 0.717) is 0 Å². The fraction of sp³-hybridized carbons (Fsp3) is 1.00. The van der Waals surface area contributed by atoms with Crippen molar-refractivity contribution >= 4 is 0 Å². The third-order valence-electron chi connectivity index (χ3n) is 5.07. The van der Waals surface area contributed by atoms with Crippen LogP contribution in [-0.4, -0.2) is 0 Å². The van der Waals surface area contributed by atoms with Crippen LogP contribution >= 0.6 is 0 Å². The van der Waals surface area contributed by atoms with E-state index in [1.54, 1.807) is 6.42 Å². The Morgan fingerprint density at radius 3 is 2.67 bits per heavy atom. The fourth-order valence-electron chi connectivity index (χ4n) is 4.56. The molecule has 5 atom stereocenters. The van der Waals surface area contributed by atoms with Crippen LogP contribution < -0.4 is 0 Å². The second-order valence-corrected chi connectivity index (χ2v) is 5.61. The molecule has 0 N–H and O–H groups in total. The Morgan fingerprint density at radius 1 is 1.42 bits per heavy atom. The highest BCUT2D eigenvalue weighted by molar-refractivity contribution is 5.39. The lowest BCUT2D eigenvalue weighted by molar-refractivity contribution is 0.0822. The zero-order chi connectivity index (χ0) is 8.51. The first-order valence-electron chi connectivity index (χ1n) is 5.74. The molecule has 0 amide bonds. The lowest BCUT2D eigenvalue weighted by Gasteiger charge is -2.40. The molecule has 12 heavy (non-hydrogen) atoms. The molecule has 0 saturated heterocycles. The minimum absolute atomic E-state index is 0.962. The van der Waals surface area contributed by atoms with Crippen LogP contribution in [0.3, 0.4) is 0 Å². The standard InChI is InChI=1S/C12H20/c1-4-5-8-11-10-6-9(7(2)3)12(8,10)11/h7-11H,4-6H2,1-3H3. The number of hydrogen-bond donors (Lipinski definition) is 0. The van der Waals surface area contributed by atoms with E-state index in [9.17, 15) is 0 Å². The summed E-state index contributed by atoms with van der Waals surface area (Å²) in [5.41, 5.74) is 0.962. The highest BCUT2D eigenvalue weighted by atomic mass is 15.0. The van der Waals surface area contributed by atoms with Gasteiger partial charge in [-0.15, -0.1) is 0 Å². The van der Waals surface area contributed by atoms with Gasteiger partial charge in [0, 0.05) is 0 Å². The van der Waals surface area contributed by atoms with Crippen LogP contribution in [0.25, 0.3) is 0 Å². The van der Waals surface area contributed by atoms with Crippen molar-refractivity contribution < 1.29 is 0 Å². The highest BCUT2D eigenvalue weighted by Gasteiger charge is 2.92. The molecule has 0 heteroatoms. The minimum atomic E-state index is 0.962. The van der Waals surface area contributed by atoms with E-state index in [1.807, 2.05) is 0 Å². The second kappa shape index (κ2) is 1.91. The predicted octanol–water partition coefficient (Wildman–Crippen LogP) is 3.32. The Balaban J connectivity index is 1.67. The smallest absolute Gasteiger partial charge is 0.0170 e. The molecule has 3 fully saturated rings. The predicted molar refractivity (Wildman–Crippen MR) is 50.8 cm³/mol. The zero-order valence-electron chi connectivity index (χ0n) is 8.51. The van der Waals surface area contributed by atoms with Gasteiger partial charge in [0.15, 0.2) is 0 Å². The van der Waals surface area contributed by atoms with Crippen molar-refractivity contribution in [2.75, 3.05) is 0 Å². The van der Waals surface area contributed by atoms with Gasteiger partial charge in [-0.3, -0.25) is 0 Å². The van der Waals surface area contributed by atoms with Gasteiger partial charge in [0.25, 0.3) is 0 Å². The molecular weight excluding hydrogens is 144 g/mol. The Hall–Kier alpha value is 0. The third-order valence-corrected chi connectivity index (χ3v) is 5.07. The SMILES string of the molecule is CCCC1C2C3CC(C(C)C)C132. The van der Waals surface area contributed by atoms with Gasteiger partial charge >= 0.3 is 0 Å². The molecule has 3 aliphatic rings. The van der Waals surface area contributed by atoms with Crippen LogP contribution in [0.5, 0.6) is 0 Å². The molecule has 0 nitrogen and oxygen atoms in total. The molecule has 1 spiro atoms. The highest BCUT2D eigenvalue weighted by Crippen LogP contribution is 2.96. The Bertz CT molecular complexity index is 218. The van der Waals surface area contributed by atoms with Crippen molar-refractivity contribution in [2.45, 2.75) is 40.0 Å². The summed E-state index contributed by atoms with van der Waals surface area (Å²) >= 11 is 0. The summed E-state index contributed by atoms with van der Waals surface area (Å²) in [5.74, 6) is 5.73. The molecule has 0 aromatic carbocycles. The van der Waals surface area contributed by atoms with Crippen molar-refractivity contribution in [3.63, 3.8) is 0 Å². The maximum Gasteiger partial charge on any atom is -0.0170 e. The van der Waals surface area contributed by atoms with Gasteiger partial charge in [0.2, 0.25) is 0 Å². The molecule has 0 bridgehead atoms.